The minimum absolute atomic E-state index is 0.0297. The molecule has 0 unspecified atom stereocenters. The van der Waals surface area contributed by atoms with Crippen LogP contribution in [0.25, 0.3) is 0 Å². The van der Waals surface area contributed by atoms with E-state index >= 15 is 0 Å². The number of methoxy groups -OCH3 is 2. The second-order valence-corrected chi connectivity index (χ2v) is 8.60. The quantitative estimate of drug-likeness (QED) is 0.646. The van der Waals surface area contributed by atoms with Crippen LogP contribution in [0.5, 0.6) is 11.5 Å². The van der Waals surface area contributed by atoms with Gasteiger partial charge in [-0.05, 0) is 31.4 Å². The van der Waals surface area contributed by atoms with Gasteiger partial charge in [-0.1, -0.05) is 19.8 Å². The van der Waals surface area contributed by atoms with Gasteiger partial charge in [-0.3, -0.25) is 4.79 Å². The number of carbonyl (C=O) groups excluding carboxylic acids is 1. The molecule has 1 aliphatic rings. The summed E-state index contributed by atoms with van der Waals surface area (Å²) in [6.07, 6.45) is 4.22. The van der Waals surface area contributed by atoms with Crippen LogP contribution in [0.15, 0.2) is 23.1 Å². The number of nitrogens with zero attached hydrogens (tertiary/aromatic N) is 1. The van der Waals surface area contributed by atoms with Gasteiger partial charge in [-0.2, -0.15) is 4.31 Å². The Morgan fingerprint density at radius 3 is 2.48 bits per heavy atom. The molecule has 27 heavy (non-hydrogen) atoms. The van der Waals surface area contributed by atoms with Crippen LogP contribution in [0.4, 0.5) is 0 Å². The molecule has 0 radical (unpaired) electrons. The highest BCUT2D eigenvalue weighted by Gasteiger charge is 2.33. The maximum absolute atomic E-state index is 13.0. The van der Waals surface area contributed by atoms with Crippen LogP contribution in [0.1, 0.15) is 39.0 Å². The van der Waals surface area contributed by atoms with Crippen molar-refractivity contribution < 1.29 is 22.7 Å². The lowest BCUT2D eigenvalue weighted by Crippen LogP contribution is -2.43. The Bertz CT molecular complexity index is 728. The van der Waals surface area contributed by atoms with Gasteiger partial charge in [0.1, 0.15) is 16.4 Å². The van der Waals surface area contributed by atoms with Gasteiger partial charge < -0.3 is 14.8 Å². The lowest BCUT2D eigenvalue weighted by atomic mass is 9.97. The molecule has 2 rings (SSSR count). The smallest absolute Gasteiger partial charge is 0.246 e. The van der Waals surface area contributed by atoms with Gasteiger partial charge in [0.2, 0.25) is 15.9 Å². The minimum Gasteiger partial charge on any atom is -0.497 e. The Labute approximate surface area is 162 Å². The van der Waals surface area contributed by atoms with Crippen molar-refractivity contribution in [2.45, 2.75) is 43.9 Å². The van der Waals surface area contributed by atoms with Gasteiger partial charge in [0, 0.05) is 31.6 Å². The third-order valence-corrected chi connectivity index (χ3v) is 6.81. The number of hydrogen-bond acceptors (Lipinski definition) is 5. The maximum atomic E-state index is 13.0. The first kappa shape index (κ1) is 21.5. The van der Waals surface area contributed by atoms with Crippen molar-refractivity contribution in [2.24, 2.45) is 5.92 Å². The van der Waals surface area contributed by atoms with Crippen LogP contribution in [0.3, 0.4) is 0 Å². The molecule has 0 atom stereocenters. The predicted molar refractivity (Wildman–Crippen MR) is 104 cm³/mol. The summed E-state index contributed by atoms with van der Waals surface area (Å²) in [4.78, 5) is 12.3. The third-order valence-electron chi connectivity index (χ3n) is 4.89. The van der Waals surface area contributed by atoms with E-state index in [0.29, 0.717) is 38.2 Å². The molecule has 0 bridgehead atoms. The highest BCUT2D eigenvalue weighted by Crippen LogP contribution is 2.32. The van der Waals surface area contributed by atoms with Crippen molar-refractivity contribution in [3.05, 3.63) is 18.2 Å². The molecule has 0 saturated carbocycles. The summed E-state index contributed by atoms with van der Waals surface area (Å²) in [7, 11) is -0.785. The van der Waals surface area contributed by atoms with E-state index in [1.807, 2.05) is 0 Å². The second kappa shape index (κ2) is 9.94. The van der Waals surface area contributed by atoms with Crippen LogP contribution in [0, 0.1) is 5.92 Å². The largest absolute Gasteiger partial charge is 0.497 e. The summed E-state index contributed by atoms with van der Waals surface area (Å²) >= 11 is 0. The van der Waals surface area contributed by atoms with E-state index in [-0.39, 0.29) is 22.5 Å². The van der Waals surface area contributed by atoms with Gasteiger partial charge in [-0.15, -0.1) is 0 Å². The normalized spacial score (nSPS) is 16.1. The highest BCUT2D eigenvalue weighted by molar-refractivity contribution is 7.89. The molecule has 1 heterocycles. The first-order valence-electron chi connectivity index (χ1n) is 9.44. The molecule has 1 fully saturated rings. The highest BCUT2D eigenvalue weighted by atomic mass is 32.2. The molecule has 1 amide bonds. The summed E-state index contributed by atoms with van der Waals surface area (Å²) in [5.74, 6) is 0.634. The Morgan fingerprint density at radius 2 is 1.89 bits per heavy atom. The zero-order valence-electron chi connectivity index (χ0n) is 16.4. The fourth-order valence-corrected chi connectivity index (χ4v) is 4.85. The first-order chi connectivity index (χ1) is 12.9. The summed E-state index contributed by atoms with van der Waals surface area (Å²) in [5, 5.41) is 2.96. The molecule has 1 N–H and O–H groups in total. The van der Waals surface area contributed by atoms with Crippen LogP contribution >= 0.6 is 0 Å². The molecule has 1 aromatic rings. The molecular weight excluding hydrogens is 368 g/mol. The minimum atomic E-state index is -3.71. The lowest BCUT2D eigenvalue weighted by molar-refractivity contribution is -0.126. The van der Waals surface area contributed by atoms with Gasteiger partial charge in [0.05, 0.1) is 14.2 Å². The van der Waals surface area contributed by atoms with Gasteiger partial charge in [0.25, 0.3) is 0 Å². The summed E-state index contributed by atoms with van der Waals surface area (Å²) in [6, 6.07) is 4.72. The number of nitrogens with one attached hydrogen (secondary N) is 1. The summed E-state index contributed by atoms with van der Waals surface area (Å²) in [6.45, 7) is 3.44. The van der Waals surface area contributed by atoms with Crippen molar-refractivity contribution in [3.8, 4) is 11.5 Å². The van der Waals surface area contributed by atoms with Crippen molar-refractivity contribution in [1.29, 1.82) is 0 Å². The van der Waals surface area contributed by atoms with E-state index in [0.717, 1.165) is 19.3 Å². The van der Waals surface area contributed by atoms with E-state index in [9.17, 15) is 13.2 Å². The van der Waals surface area contributed by atoms with E-state index in [4.69, 9.17) is 9.47 Å². The average Bonchev–Trinajstić information content (AvgIpc) is 2.70. The molecule has 1 aromatic carbocycles. The van der Waals surface area contributed by atoms with Crippen molar-refractivity contribution >= 4 is 15.9 Å². The van der Waals surface area contributed by atoms with Crippen molar-refractivity contribution in [1.82, 2.24) is 9.62 Å². The molecule has 0 aromatic heterocycles. The number of sulfonamides is 1. The van der Waals surface area contributed by atoms with Crippen LogP contribution in [-0.4, -0.2) is 52.5 Å². The maximum Gasteiger partial charge on any atom is 0.246 e. The van der Waals surface area contributed by atoms with Gasteiger partial charge in [0.15, 0.2) is 0 Å². The Kier molecular flexibility index (Phi) is 7.91. The average molecular weight is 399 g/mol. The number of piperidine rings is 1. The summed E-state index contributed by atoms with van der Waals surface area (Å²) in [5.41, 5.74) is 0. The topological polar surface area (TPSA) is 84.9 Å². The Balaban J connectivity index is 2.01. The zero-order chi connectivity index (χ0) is 19.9. The number of hydrogen-bond donors (Lipinski definition) is 1. The Hall–Kier alpha value is -1.80. The number of rotatable bonds is 9. The monoisotopic (exact) mass is 398 g/mol. The van der Waals surface area contributed by atoms with Crippen molar-refractivity contribution in [2.75, 3.05) is 33.9 Å². The van der Waals surface area contributed by atoms with E-state index in [1.54, 1.807) is 12.1 Å². The SMILES string of the molecule is CCCCCNC(=O)C1CCN(S(=O)(=O)c2cc(OC)ccc2OC)CC1. The van der Waals surface area contributed by atoms with Crippen LogP contribution in [-0.2, 0) is 14.8 Å². The third kappa shape index (κ3) is 5.35. The standard InChI is InChI=1S/C19H30N2O5S/c1-4-5-6-11-20-19(22)15-9-12-21(13-10-15)27(23,24)18-14-16(25-2)7-8-17(18)26-3/h7-8,14-15H,4-6,9-13H2,1-3H3,(H,20,22). The summed E-state index contributed by atoms with van der Waals surface area (Å²) < 4.78 is 37.9. The van der Waals surface area contributed by atoms with Crippen LogP contribution in [0.2, 0.25) is 0 Å². The Morgan fingerprint density at radius 1 is 1.19 bits per heavy atom. The van der Waals surface area contributed by atoms with E-state index in [2.05, 4.69) is 12.2 Å². The zero-order valence-corrected chi connectivity index (χ0v) is 17.2. The first-order valence-corrected chi connectivity index (χ1v) is 10.9. The molecule has 0 spiro atoms. The number of ether oxygens (including phenoxy) is 2. The predicted octanol–water partition coefficient (Wildman–Crippen LogP) is 2.41. The lowest BCUT2D eigenvalue weighted by Gasteiger charge is -2.31. The van der Waals surface area contributed by atoms with Crippen LogP contribution < -0.4 is 14.8 Å². The number of amides is 1. The molecule has 8 heteroatoms. The molecule has 0 aliphatic carbocycles. The van der Waals surface area contributed by atoms with Gasteiger partial charge in [-0.25, -0.2) is 8.42 Å². The fourth-order valence-electron chi connectivity index (χ4n) is 3.21. The number of unbranched alkanes of at least 4 members (excludes halogenated alkanes) is 2. The second-order valence-electron chi connectivity index (χ2n) is 6.69. The molecular formula is C19H30N2O5S. The number of benzene rings is 1. The van der Waals surface area contributed by atoms with E-state index < -0.39 is 10.0 Å². The molecule has 7 nitrogen and oxygen atoms in total. The molecule has 1 aliphatic heterocycles. The molecule has 1 saturated heterocycles. The van der Waals surface area contributed by atoms with Crippen molar-refractivity contribution in [3.63, 3.8) is 0 Å². The number of carbonyl (C=O) groups is 1. The molecule has 152 valence electrons. The van der Waals surface area contributed by atoms with Gasteiger partial charge >= 0.3 is 0 Å². The van der Waals surface area contributed by atoms with E-state index in [1.165, 1.54) is 24.6 Å². The fraction of sp³-hybridized carbons (Fsp3) is 0.632.